The first-order chi connectivity index (χ1) is 14.9. The first-order valence-corrected chi connectivity index (χ1v) is 9.26. The Hall–Kier alpha value is -3.67. The number of aromatic nitrogens is 3. The van der Waals surface area contributed by atoms with Crippen LogP contribution in [0.3, 0.4) is 0 Å². The standard InChI is InChI=1S/C19H17F3N6O3/c20-19(21,22)12-2-1-3-13(10-12)25-18-27-26-17(31-18)16(29)24-14-4-5-15(23-11-14)28-6-8-30-9-7-28/h1-5,10-11H,6-9H2,(H,24,29)(H,25,27). The minimum absolute atomic E-state index is 0.0911. The number of nitrogens with one attached hydrogen (secondary N) is 2. The molecule has 0 saturated carbocycles. The molecule has 2 N–H and O–H groups in total. The highest BCUT2D eigenvalue weighted by atomic mass is 19.4. The molecule has 12 heteroatoms. The Morgan fingerprint density at radius 1 is 1.06 bits per heavy atom. The van der Waals surface area contributed by atoms with Crippen molar-refractivity contribution in [3.8, 4) is 0 Å². The van der Waals surface area contributed by atoms with Gasteiger partial charge < -0.3 is 24.7 Å². The van der Waals surface area contributed by atoms with E-state index in [1.165, 1.54) is 18.3 Å². The lowest BCUT2D eigenvalue weighted by molar-refractivity contribution is -0.137. The molecule has 0 atom stereocenters. The molecular weight excluding hydrogens is 417 g/mol. The average Bonchev–Trinajstić information content (AvgIpc) is 3.23. The summed E-state index contributed by atoms with van der Waals surface area (Å²) >= 11 is 0. The van der Waals surface area contributed by atoms with Crippen molar-refractivity contribution >= 4 is 29.1 Å². The lowest BCUT2D eigenvalue weighted by atomic mass is 10.2. The maximum atomic E-state index is 12.8. The molecule has 0 unspecified atom stereocenters. The van der Waals surface area contributed by atoms with Crippen molar-refractivity contribution in [2.45, 2.75) is 6.18 Å². The number of nitrogens with zero attached hydrogens (tertiary/aromatic N) is 4. The number of carbonyl (C=O) groups is 1. The fourth-order valence-corrected chi connectivity index (χ4v) is 2.89. The van der Waals surface area contributed by atoms with Crippen molar-refractivity contribution in [1.29, 1.82) is 0 Å². The molecule has 31 heavy (non-hydrogen) atoms. The van der Waals surface area contributed by atoms with Crippen LogP contribution in [0, 0.1) is 0 Å². The molecule has 1 saturated heterocycles. The summed E-state index contributed by atoms with van der Waals surface area (Å²) in [5, 5.41) is 12.4. The van der Waals surface area contributed by atoms with Crippen LogP contribution in [0.1, 0.15) is 16.2 Å². The van der Waals surface area contributed by atoms with E-state index in [0.29, 0.717) is 18.9 Å². The van der Waals surface area contributed by atoms with E-state index < -0.39 is 17.6 Å². The molecule has 9 nitrogen and oxygen atoms in total. The Labute approximate surface area is 174 Å². The van der Waals surface area contributed by atoms with Crippen LogP contribution in [0.15, 0.2) is 47.0 Å². The number of halogens is 3. The van der Waals surface area contributed by atoms with Gasteiger partial charge in [0.25, 0.3) is 0 Å². The largest absolute Gasteiger partial charge is 0.416 e. The first-order valence-electron chi connectivity index (χ1n) is 9.26. The van der Waals surface area contributed by atoms with Crippen molar-refractivity contribution in [3.63, 3.8) is 0 Å². The summed E-state index contributed by atoms with van der Waals surface area (Å²) in [5.41, 5.74) is -0.316. The normalized spacial score (nSPS) is 14.4. The molecule has 0 radical (unpaired) electrons. The van der Waals surface area contributed by atoms with Crippen molar-refractivity contribution in [1.82, 2.24) is 15.2 Å². The van der Waals surface area contributed by atoms with Gasteiger partial charge in [-0.05, 0) is 30.3 Å². The number of pyridine rings is 1. The number of hydrogen-bond donors (Lipinski definition) is 2. The van der Waals surface area contributed by atoms with Gasteiger partial charge in [-0.1, -0.05) is 11.2 Å². The molecule has 162 valence electrons. The van der Waals surface area contributed by atoms with E-state index >= 15 is 0 Å². The summed E-state index contributed by atoms with van der Waals surface area (Å²) in [7, 11) is 0. The van der Waals surface area contributed by atoms with Gasteiger partial charge >= 0.3 is 24.0 Å². The average molecular weight is 434 g/mol. The maximum absolute atomic E-state index is 12.8. The predicted octanol–water partition coefficient (Wildman–Crippen LogP) is 3.32. The van der Waals surface area contributed by atoms with Crippen LogP contribution in [-0.4, -0.2) is 47.4 Å². The smallest absolute Gasteiger partial charge is 0.399 e. The zero-order chi connectivity index (χ0) is 21.8. The molecule has 1 amide bonds. The number of amides is 1. The zero-order valence-electron chi connectivity index (χ0n) is 16.0. The van der Waals surface area contributed by atoms with E-state index in [2.05, 4.69) is 30.7 Å². The van der Waals surface area contributed by atoms with Gasteiger partial charge in [-0.3, -0.25) is 4.79 Å². The van der Waals surface area contributed by atoms with Gasteiger partial charge in [0, 0.05) is 18.8 Å². The minimum Gasteiger partial charge on any atom is -0.399 e. The molecule has 0 bridgehead atoms. The van der Waals surface area contributed by atoms with E-state index in [1.807, 2.05) is 0 Å². The molecule has 2 aromatic heterocycles. The summed E-state index contributed by atoms with van der Waals surface area (Å²) in [5.74, 6) is -0.260. The molecular formula is C19H17F3N6O3. The quantitative estimate of drug-likeness (QED) is 0.630. The number of anilines is 4. The van der Waals surface area contributed by atoms with Gasteiger partial charge in [-0.2, -0.15) is 13.2 Å². The van der Waals surface area contributed by atoms with E-state index in [-0.39, 0.29) is 17.6 Å². The van der Waals surface area contributed by atoms with Crippen LogP contribution >= 0.6 is 0 Å². The summed E-state index contributed by atoms with van der Waals surface area (Å²) in [6.07, 6.45) is -2.98. The first kappa shape index (κ1) is 20.6. The molecule has 0 spiro atoms. The lowest BCUT2D eigenvalue weighted by Gasteiger charge is -2.27. The van der Waals surface area contributed by atoms with E-state index in [9.17, 15) is 18.0 Å². The Kier molecular flexibility index (Phi) is 5.71. The number of carbonyl (C=O) groups excluding carboxylic acids is 1. The van der Waals surface area contributed by atoms with Gasteiger partial charge in [-0.25, -0.2) is 4.98 Å². The maximum Gasteiger partial charge on any atom is 0.416 e. The summed E-state index contributed by atoms with van der Waals surface area (Å²) < 4.78 is 48.9. The Bertz CT molecular complexity index is 1050. The fourth-order valence-electron chi connectivity index (χ4n) is 2.89. The third kappa shape index (κ3) is 5.09. The van der Waals surface area contributed by atoms with Crippen LogP contribution in [0.4, 0.5) is 36.4 Å². The monoisotopic (exact) mass is 434 g/mol. The second-order valence-electron chi connectivity index (χ2n) is 6.57. The number of benzene rings is 1. The molecule has 1 aliphatic rings. The zero-order valence-corrected chi connectivity index (χ0v) is 16.0. The number of morpholine rings is 1. The van der Waals surface area contributed by atoms with Crippen molar-refractivity contribution in [3.05, 3.63) is 54.0 Å². The second-order valence-corrected chi connectivity index (χ2v) is 6.57. The van der Waals surface area contributed by atoms with E-state index in [1.54, 1.807) is 12.1 Å². The minimum atomic E-state index is -4.48. The summed E-state index contributed by atoms with van der Waals surface area (Å²) in [4.78, 5) is 18.7. The number of rotatable bonds is 5. The van der Waals surface area contributed by atoms with Gasteiger partial charge in [0.2, 0.25) is 0 Å². The SMILES string of the molecule is O=C(Nc1ccc(N2CCOCC2)nc1)c1nnc(Nc2cccc(C(F)(F)F)c2)o1. The predicted molar refractivity (Wildman–Crippen MR) is 104 cm³/mol. The van der Waals surface area contributed by atoms with Gasteiger partial charge in [0.1, 0.15) is 5.82 Å². The fraction of sp³-hybridized carbons (Fsp3) is 0.263. The molecule has 1 aliphatic heterocycles. The van der Waals surface area contributed by atoms with Crippen molar-refractivity contribution in [2.24, 2.45) is 0 Å². The van der Waals surface area contributed by atoms with Crippen molar-refractivity contribution in [2.75, 3.05) is 41.8 Å². The van der Waals surface area contributed by atoms with Crippen molar-refractivity contribution < 1.29 is 27.1 Å². The molecule has 1 aromatic carbocycles. The highest BCUT2D eigenvalue weighted by Gasteiger charge is 2.30. The molecule has 3 heterocycles. The van der Waals surface area contributed by atoms with Crippen LogP contribution in [-0.2, 0) is 10.9 Å². The van der Waals surface area contributed by atoms with Gasteiger partial charge in [0.05, 0.1) is 30.7 Å². The molecule has 4 rings (SSSR count). The van der Waals surface area contributed by atoms with Gasteiger partial charge in [0.15, 0.2) is 0 Å². The third-order valence-electron chi connectivity index (χ3n) is 4.40. The van der Waals surface area contributed by atoms with Crippen LogP contribution in [0.2, 0.25) is 0 Å². The lowest BCUT2D eigenvalue weighted by Crippen LogP contribution is -2.36. The number of hydrogen-bond acceptors (Lipinski definition) is 8. The highest BCUT2D eigenvalue weighted by Crippen LogP contribution is 2.31. The van der Waals surface area contributed by atoms with Crippen LogP contribution < -0.4 is 15.5 Å². The van der Waals surface area contributed by atoms with Crippen LogP contribution in [0.5, 0.6) is 0 Å². The van der Waals surface area contributed by atoms with Crippen LogP contribution in [0.25, 0.3) is 0 Å². The Morgan fingerprint density at radius 2 is 1.87 bits per heavy atom. The summed E-state index contributed by atoms with van der Waals surface area (Å²) in [6.45, 7) is 2.74. The number of alkyl halides is 3. The molecule has 3 aromatic rings. The van der Waals surface area contributed by atoms with Gasteiger partial charge in [-0.15, -0.1) is 5.10 Å². The molecule has 0 aliphatic carbocycles. The highest BCUT2D eigenvalue weighted by molar-refractivity contribution is 6.00. The Morgan fingerprint density at radius 3 is 2.58 bits per heavy atom. The third-order valence-corrected chi connectivity index (χ3v) is 4.40. The molecule has 1 fully saturated rings. The van der Waals surface area contributed by atoms with E-state index in [4.69, 9.17) is 9.15 Å². The van der Waals surface area contributed by atoms with E-state index in [0.717, 1.165) is 31.0 Å². The Balaban J connectivity index is 1.38. The number of ether oxygens (including phenoxy) is 1. The second kappa shape index (κ2) is 8.60. The topological polar surface area (TPSA) is 105 Å². The summed E-state index contributed by atoms with van der Waals surface area (Å²) in [6, 6.07) is 7.72.